The van der Waals surface area contributed by atoms with Crippen LogP contribution in [0.25, 0.3) is 0 Å². The highest BCUT2D eigenvalue weighted by molar-refractivity contribution is 5.75. The van der Waals surface area contributed by atoms with Gasteiger partial charge in [-0.3, -0.25) is 9.69 Å². The molecule has 0 radical (unpaired) electrons. The first kappa shape index (κ1) is 13.4. The molecule has 0 spiro atoms. The Morgan fingerprint density at radius 1 is 1.29 bits per heavy atom. The van der Waals surface area contributed by atoms with Crippen LogP contribution >= 0.6 is 0 Å². The first-order valence-corrected chi connectivity index (χ1v) is 5.00. The minimum absolute atomic E-state index is 0.145. The molecule has 0 amide bonds. The number of hydrogen-bond donors (Lipinski definition) is 0. The molecule has 0 aliphatic rings. The second-order valence-electron chi connectivity index (χ2n) is 3.71. The summed E-state index contributed by atoms with van der Waals surface area (Å²) in [7, 11) is 5.97. The Kier molecular flexibility index (Phi) is 6.49. The molecule has 0 fully saturated rings. The Hall–Kier alpha value is -0.610. The molecule has 0 rings (SSSR count). The molecule has 0 aliphatic heterocycles. The maximum absolute atomic E-state index is 11.4. The summed E-state index contributed by atoms with van der Waals surface area (Å²) < 4.78 is 4.94. The lowest BCUT2D eigenvalue weighted by Crippen LogP contribution is -2.40. The van der Waals surface area contributed by atoms with Crippen molar-refractivity contribution in [1.29, 1.82) is 0 Å². The van der Waals surface area contributed by atoms with Crippen molar-refractivity contribution in [3.63, 3.8) is 0 Å². The molecule has 14 heavy (non-hydrogen) atoms. The van der Waals surface area contributed by atoms with Gasteiger partial charge in [0.1, 0.15) is 6.04 Å². The van der Waals surface area contributed by atoms with Crippen molar-refractivity contribution in [3.05, 3.63) is 0 Å². The molecular weight excluding hydrogens is 180 g/mol. The van der Waals surface area contributed by atoms with Gasteiger partial charge < -0.3 is 9.64 Å². The smallest absolute Gasteiger partial charge is 0.323 e. The number of likely N-dealkylation sites (N-methyl/N-ethyl adjacent to an activating group) is 2. The lowest BCUT2D eigenvalue weighted by molar-refractivity contribution is -0.148. The summed E-state index contributed by atoms with van der Waals surface area (Å²) >= 11 is 0. The van der Waals surface area contributed by atoms with E-state index in [1.807, 2.05) is 39.9 Å². The number of esters is 1. The van der Waals surface area contributed by atoms with Gasteiger partial charge in [0.05, 0.1) is 6.61 Å². The summed E-state index contributed by atoms with van der Waals surface area (Å²) in [5.41, 5.74) is 0. The zero-order valence-corrected chi connectivity index (χ0v) is 9.91. The van der Waals surface area contributed by atoms with Crippen molar-refractivity contribution < 1.29 is 9.53 Å². The highest BCUT2D eigenvalue weighted by Crippen LogP contribution is 1.98. The van der Waals surface area contributed by atoms with Gasteiger partial charge in [-0.1, -0.05) is 0 Å². The van der Waals surface area contributed by atoms with Crippen LogP contribution in [0.3, 0.4) is 0 Å². The van der Waals surface area contributed by atoms with E-state index >= 15 is 0 Å². The molecule has 0 aromatic carbocycles. The zero-order valence-electron chi connectivity index (χ0n) is 9.91. The lowest BCUT2D eigenvalue weighted by atomic mass is 10.3. The number of hydrogen-bond acceptors (Lipinski definition) is 4. The monoisotopic (exact) mass is 202 g/mol. The highest BCUT2D eigenvalue weighted by atomic mass is 16.5. The normalized spacial score (nSPS) is 13.4. The van der Waals surface area contributed by atoms with E-state index in [4.69, 9.17) is 4.74 Å². The Bertz CT molecular complexity index is 172. The fraction of sp³-hybridized carbons (Fsp3) is 0.900. The van der Waals surface area contributed by atoms with Gasteiger partial charge in [-0.2, -0.15) is 0 Å². The summed E-state index contributed by atoms with van der Waals surface area (Å²) in [5, 5.41) is 0. The number of carbonyl (C=O) groups excluding carboxylic acids is 1. The van der Waals surface area contributed by atoms with Crippen molar-refractivity contribution in [1.82, 2.24) is 9.80 Å². The van der Waals surface area contributed by atoms with Crippen molar-refractivity contribution in [2.45, 2.75) is 19.9 Å². The number of carbonyl (C=O) groups is 1. The van der Waals surface area contributed by atoms with E-state index < -0.39 is 0 Å². The molecule has 0 saturated heterocycles. The molecule has 0 saturated carbocycles. The van der Waals surface area contributed by atoms with Crippen LogP contribution in [0, 0.1) is 0 Å². The Balaban J connectivity index is 3.85. The lowest BCUT2D eigenvalue weighted by Gasteiger charge is -2.24. The summed E-state index contributed by atoms with van der Waals surface area (Å²) in [6.07, 6.45) is 0. The van der Waals surface area contributed by atoms with E-state index in [1.54, 1.807) is 0 Å². The molecule has 0 heterocycles. The van der Waals surface area contributed by atoms with Crippen molar-refractivity contribution in [2.75, 3.05) is 40.8 Å². The molecule has 0 aliphatic carbocycles. The molecular formula is C10H22N2O2. The minimum Gasteiger partial charge on any atom is -0.465 e. The summed E-state index contributed by atoms with van der Waals surface area (Å²) in [6, 6.07) is -0.158. The molecule has 4 heteroatoms. The van der Waals surface area contributed by atoms with E-state index in [9.17, 15) is 4.79 Å². The SMILES string of the molecule is CCOC(=O)C(C)N(C)CCN(C)C. The van der Waals surface area contributed by atoms with Crippen LogP contribution in [-0.2, 0) is 9.53 Å². The summed E-state index contributed by atoms with van der Waals surface area (Å²) in [4.78, 5) is 15.4. The summed E-state index contributed by atoms with van der Waals surface area (Å²) in [5.74, 6) is -0.145. The second-order valence-corrected chi connectivity index (χ2v) is 3.71. The average Bonchev–Trinajstić information content (AvgIpc) is 2.13. The average molecular weight is 202 g/mol. The largest absolute Gasteiger partial charge is 0.465 e. The van der Waals surface area contributed by atoms with Crippen molar-refractivity contribution in [2.24, 2.45) is 0 Å². The second kappa shape index (κ2) is 6.79. The first-order chi connectivity index (χ1) is 6.49. The van der Waals surface area contributed by atoms with Crippen LogP contribution in [0.4, 0.5) is 0 Å². The topological polar surface area (TPSA) is 32.8 Å². The molecule has 0 aromatic rings. The van der Waals surface area contributed by atoms with E-state index in [1.165, 1.54) is 0 Å². The van der Waals surface area contributed by atoms with Gasteiger partial charge in [-0.05, 0) is 35.0 Å². The van der Waals surface area contributed by atoms with Crippen LogP contribution < -0.4 is 0 Å². The Labute approximate surface area is 86.8 Å². The van der Waals surface area contributed by atoms with Crippen LogP contribution in [0.5, 0.6) is 0 Å². The van der Waals surface area contributed by atoms with Gasteiger partial charge in [0.2, 0.25) is 0 Å². The van der Waals surface area contributed by atoms with Crippen LogP contribution in [0.1, 0.15) is 13.8 Å². The molecule has 4 nitrogen and oxygen atoms in total. The van der Waals surface area contributed by atoms with Gasteiger partial charge in [-0.25, -0.2) is 0 Å². The van der Waals surface area contributed by atoms with Gasteiger partial charge >= 0.3 is 5.97 Å². The number of rotatable bonds is 6. The fourth-order valence-electron chi connectivity index (χ4n) is 0.994. The quantitative estimate of drug-likeness (QED) is 0.585. The van der Waals surface area contributed by atoms with E-state index in [0.717, 1.165) is 13.1 Å². The van der Waals surface area contributed by atoms with Gasteiger partial charge in [0.15, 0.2) is 0 Å². The molecule has 1 atom stereocenters. The van der Waals surface area contributed by atoms with E-state index in [0.29, 0.717) is 6.61 Å². The zero-order chi connectivity index (χ0) is 11.1. The summed E-state index contributed by atoms with van der Waals surface area (Å²) in [6.45, 7) is 5.95. The Morgan fingerprint density at radius 2 is 1.86 bits per heavy atom. The van der Waals surface area contributed by atoms with Gasteiger partial charge in [0.25, 0.3) is 0 Å². The molecule has 0 N–H and O–H groups in total. The highest BCUT2D eigenvalue weighted by Gasteiger charge is 2.18. The predicted molar refractivity (Wildman–Crippen MR) is 57.3 cm³/mol. The van der Waals surface area contributed by atoms with E-state index in [-0.39, 0.29) is 12.0 Å². The minimum atomic E-state index is -0.158. The standard InChI is InChI=1S/C10H22N2O2/c1-6-14-10(13)9(2)12(5)8-7-11(3)4/h9H,6-8H2,1-5H3. The first-order valence-electron chi connectivity index (χ1n) is 5.00. The number of ether oxygens (including phenoxy) is 1. The van der Waals surface area contributed by atoms with Crippen LogP contribution in [0.2, 0.25) is 0 Å². The molecule has 0 aromatic heterocycles. The maximum Gasteiger partial charge on any atom is 0.323 e. The predicted octanol–water partition coefficient (Wildman–Crippen LogP) is 0.431. The number of nitrogens with zero attached hydrogens (tertiary/aromatic N) is 2. The third kappa shape index (κ3) is 5.19. The third-order valence-electron chi connectivity index (χ3n) is 2.19. The van der Waals surface area contributed by atoms with Crippen LogP contribution in [-0.4, -0.2) is 62.7 Å². The van der Waals surface area contributed by atoms with Crippen molar-refractivity contribution in [3.8, 4) is 0 Å². The van der Waals surface area contributed by atoms with E-state index in [2.05, 4.69) is 4.90 Å². The van der Waals surface area contributed by atoms with Crippen LogP contribution in [0.15, 0.2) is 0 Å². The third-order valence-corrected chi connectivity index (χ3v) is 2.19. The fourth-order valence-corrected chi connectivity index (χ4v) is 0.994. The van der Waals surface area contributed by atoms with Crippen molar-refractivity contribution >= 4 is 5.97 Å². The molecule has 0 bridgehead atoms. The molecule has 1 unspecified atom stereocenters. The molecule has 84 valence electrons. The maximum atomic E-state index is 11.4. The Morgan fingerprint density at radius 3 is 2.29 bits per heavy atom. The van der Waals surface area contributed by atoms with Gasteiger partial charge in [-0.15, -0.1) is 0 Å². The van der Waals surface area contributed by atoms with Gasteiger partial charge in [0, 0.05) is 13.1 Å².